The van der Waals surface area contributed by atoms with E-state index in [0.29, 0.717) is 10.6 Å². The molecule has 0 saturated heterocycles. The van der Waals surface area contributed by atoms with Crippen LogP contribution in [0.15, 0.2) is 48.5 Å². The van der Waals surface area contributed by atoms with E-state index >= 15 is 0 Å². The number of halogens is 2. The van der Waals surface area contributed by atoms with Crippen molar-refractivity contribution in [2.24, 2.45) is 5.73 Å². The maximum absolute atomic E-state index is 13.9. The standard InChI is InChI=1S/C20H21ClFN3O3/c1-12(26)24-18(11-14-7-3-5-9-16(14)22)20(28)25-17(19(23)27)10-13-6-2-4-8-15(13)21/h2-9,17-18H,10-11H2,1H3,(H2,23,27)(H,24,26)(H,25,28)/t17-,18-/m1/s1. The van der Waals surface area contributed by atoms with Crippen molar-refractivity contribution in [3.63, 3.8) is 0 Å². The van der Waals surface area contributed by atoms with Gasteiger partial charge in [-0.1, -0.05) is 48.0 Å². The molecular formula is C20H21ClFN3O3. The van der Waals surface area contributed by atoms with Gasteiger partial charge < -0.3 is 16.4 Å². The van der Waals surface area contributed by atoms with Crippen LogP contribution < -0.4 is 16.4 Å². The number of carbonyl (C=O) groups excluding carboxylic acids is 3. The molecule has 148 valence electrons. The lowest BCUT2D eigenvalue weighted by atomic mass is 10.0. The molecule has 2 atom stereocenters. The summed E-state index contributed by atoms with van der Waals surface area (Å²) in [7, 11) is 0. The molecule has 2 aromatic carbocycles. The van der Waals surface area contributed by atoms with E-state index in [9.17, 15) is 18.8 Å². The second-order valence-electron chi connectivity index (χ2n) is 6.31. The van der Waals surface area contributed by atoms with Crippen LogP contribution in [0.25, 0.3) is 0 Å². The number of nitrogens with one attached hydrogen (secondary N) is 2. The average Bonchev–Trinajstić information content (AvgIpc) is 2.63. The lowest BCUT2D eigenvalue weighted by Gasteiger charge is -2.22. The highest BCUT2D eigenvalue weighted by molar-refractivity contribution is 6.31. The Morgan fingerprint density at radius 1 is 0.964 bits per heavy atom. The fourth-order valence-corrected chi connectivity index (χ4v) is 2.93. The molecule has 4 N–H and O–H groups in total. The topological polar surface area (TPSA) is 101 Å². The van der Waals surface area contributed by atoms with Gasteiger partial charge in [-0.05, 0) is 23.3 Å². The predicted octanol–water partition coefficient (Wildman–Crippen LogP) is 1.74. The van der Waals surface area contributed by atoms with Gasteiger partial charge in [0, 0.05) is 24.8 Å². The first-order valence-corrected chi connectivity index (χ1v) is 8.99. The molecule has 0 fully saturated rings. The summed E-state index contributed by atoms with van der Waals surface area (Å²) < 4.78 is 13.9. The van der Waals surface area contributed by atoms with Crippen molar-refractivity contribution in [2.75, 3.05) is 0 Å². The molecule has 0 heterocycles. The van der Waals surface area contributed by atoms with E-state index in [2.05, 4.69) is 10.6 Å². The SMILES string of the molecule is CC(=O)N[C@H](Cc1ccccc1F)C(=O)N[C@H](Cc1ccccc1Cl)C(N)=O. The van der Waals surface area contributed by atoms with Gasteiger partial charge in [-0.25, -0.2) is 4.39 Å². The summed E-state index contributed by atoms with van der Waals surface area (Å²) in [6.45, 7) is 1.25. The second-order valence-corrected chi connectivity index (χ2v) is 6.71. The minimum atomic E-state index is -1.07. The van der Waals surface area contributed by atoms with Gasteiger partial charge in [-0.15, -0.1) is 0 Å². The van der Waals surface area contributed by atoms with Crippen molar-refractivity contribution in [3.05, 3.63) is 70.5 Å². The van der Waals surface area contributed by atoms with Gasteiger partial charge in [0.1, 0.15) is 17.9 Å². The van der Waals surface area contributed by atoms with E-state index in [-0.39, 0.29) is 18.4 Å². The summed E-state index contributed by atoms with van der Waals surface area (Å²) >= 11 is 6.10. The van der Waals surface area contributed by atoms with E-state index in [0.717, 1.165) is 0 Å². The van der Waals surface area contributed by atoms with E-state index in [1.807, 2.05) is 0 Å². The molecule has 0 saturated carbocycles. The first-order valence-electron chi connectivity index (χ1n) is 8.61. The Morgan fingerprint density at radius 2 is 1.54 bits per heavy atom. The third-order valence-corrected chi connectivity index (χ3v) is 4.49. The molecular weight excluding hydrogens is 385 g/mol. The van der Waals surface area contributed by atoms with Crippen LogP contribution in [0.3, 0.4) is 0 Å². The number of hydrogen-bond donors (Lipinski definition) is 3. The highest BCUT2D eigenvalue weighted by Crippen LogP contribution is 2.17. The van der Waals surface area contributed by atoms with E-state index in [1.165, 1.54) is 25.1 Å². The molecule has 8 heteroatoms. The van der Waals surface area contributed by atoms with Gasteiger partial charge in [0.2, 0.25) is 17.7 Å². The zero-order valence-electron chi connectivity index (χ0n) is 15.2. The Hall–Kier alpha value is -2.93. The molecule has 0 aliphatic rings. The van der Waals surface area contributed by atoms with Gasteiger partial charge in [-0.2, -0.15) is 0 Å². The number of hydrogen-bond acceptors (Lipinski definition) is 3. The molecule has 0 radical (unpaired) electrons. The summed E-state index contributed by atoms with van der Waals surface area (Å²) in [5.41, 5.74) is 6.32. The highest BCUT2D eigenvalue weighted by Gasteiger charge is 2.26. The van der Waals surface area contributed by atoms with E-state index in [1.54, 1.807) is 30.3 Å². The lowest BCUT2D eigenvalue weighted by Crippen LogP contribution is -2.54. The molecule has 0 aromatic heterocycles. The number of amides is 3. The number of primary amides is 1. The Morgan fingerprint density at radius 3 is 2.11 bits per heavy atom. The monoisotopic (exact) mass is 405 g/mol. The van der Waals surface area contributed by atoms with Crippen molar-refractivity contribution in [1.29, 1.82) is 0 Å². The van der Waals surface area contributed by atoms with Gasteiger partial charge >= 0.3 is 0 Å². The van der Waals surface area contributed by atoms with E-state index in [4.69, 9.17) is 17.3 Å². The Kier molecular flexibility index (Phi) is 7.52. The van der Waals surface area contributed by atoms with Crippen molar-refractivity contribution >= 4 is 29.3 Å². The Labute approximate surface area is 167 Å². The summed E-state index contributed by atoms with van der Waals surface area (Å²) in [5, 5.41) is 5.44. The maximum Gasteiger partial charge on any atom is 0.243 e. The summed E-state index contributed by atoms with van der Waals surface area (Å²) in [6.07, 6.45) is 0.0168. The average molecular weight is 406 g/mol. The van der Waals surface area contributed by atoms with Gasteiger partial charge in [-0.3, -0.25) is 14.4 Å². The zero-order valence-corrected chi connectivity index (χ0v) is 16.0. The van der Waals surface area contributed by atoms with Crippen LogP contribution in [0.2, 0.25) is 5.02 Å². The van der Waals surface area contributed by atoms with Crippen molar-refractivity contribution in [2.45, 2.75) is 31.8 Å². The number of carbonyl (C=O) groups is 3. The van der Waals surface area contributed by atoms with Crippen LogP contribution in [0.4, 0.5) is 4.39 Å². The number of rotatable bonds is 8. The third-order valence-electron chi connectivity index (χ3n) is 4.12. The largest absolute Gasteiger partial charge is 0.368 e. The molecule has 3 amide bonds. The molecule has 0 aliphatic carbocycles. The quantitative estimate of drug-likeness (QED) is 0.623. The lowest BCUT2D eigenvalue weighted by molar-refractivity contribution is -0.130. The smallest absolute Gasteiger partial charge is 0.243 e. The molecule has 0 bridgehead atoms. The van der Waals surface area contributed by atoms with E-state index < -0.39 is 35.6 Å². The van der Waals surface area contributed by atoms with Crippen LogP contribution in [-0.2, 0) is 27.2 Å². The summed E-state index contributed by atoms with van der Waals surface area (Å²) in [4.78, 5) is 36.0. The van der Waals surface area contributed by atoms with Gasteiger partial charge in [0.15, 0.2) is 0 Å². The Bertz CT molecular complexity index is 875. The van der Waals surface area contributed by atoms with Crippen LogP contribution in [-0.4, -0.2) is 29.8 Å². The molecule has 6 nitrogen and oxygen atoms in total. The van der Waals surface area contributed by atoms with Gasteiger partial charge in [0.25, 0.3) is 0 Å². The molecule has 28 heavy (non-hydrogen) atoms. The fourth-order valence-electron chi connectivity index (χ4n) is 2.72. The maximum atomic E-state index is 13.9. The van der Waals surface area contributed by atoms with Crippen LogP contribution in [0.5, 0.6) is 0 Å². The highest BCUT2D eigenvalue weighted by atomic mass is 35.5. The minimum absolute atomic E-state index is 0.0737. The minimum Gasteiger partial charge on any atom is -0.368 e. The first kappa shape index (κ1) is 21.4. The summed E-state index contributed by atoms with van der Waals surface area (Å²) in [6, 6.07) is 10.7. The molecule has 2 aromatic rings. The van der Waals surface area contributed by atoms with Crippen molar-refractivity contribution in [3.8, 4) is 0 Å². The fraction of sp³-hybridized carbons (Fsp3) is 0.250. The predicted molar refractivity (Wildman–Crippen MR) is 104 cm³/mol. The van der Waals surface area contributed by atoms with Gasteiger partial charge in [0.05, 0.1) is 0 Å². The van der Waals surface area contributed by atoms with Crippen LogP contribution in [0.1, 0.15) is 18.1 Å². The van der Waals surface area contributed by atoms with Crippen molar-refractivity contribution < 1.29 is 18.8 Å². The molecule has 0 unspecified atom stereocenters. The van der Waals surface area contributed by atoms with Crippen molar-refractivity contribution in [1.82, 2.24) is 10.6 Å². The third kappa shape index (κ3) is 6.06. The van der Waals surface area contributed by atoms with Crippen LogP contribution >= 0.6 is 11.6 Å². The summed E-state index contributed by atoms with van der Waals surface area (Å²) in [5.74, 6) is -2.35. The number of nitrogens with two attached hydrogens (primary N) is 1. The molecule has 0 spiro atoms. The molecule has 2 rings (SSSR count). The normalized spacial score (nSPS) is 12.7. The zero-order chi connectivity index (χ0) is 20.7. The Balaban J connectivity index is 2.17. The second kappa shape index (κ2) is 9.85. The molecule has 0 aliphatic heterocycles. The van der Waals surface area contributed by atoms with Crippen LogP contribution in [0, 0.1) is 5.82 Å². The first-order chi connectivity index (χ1) is 13.3. The number of benzene rings is 2.